The number of hydrogen-bond donors (Lipinski definition) is 1. The maximum absolute atomic E-state index is 12.4. The number of aliphatic hydroxyl groups excluding tert-OH is 1. The third-order valence-electron chi connectivity index (χ3n) is 3.52. The van der Waals surface area contributed by atoms with Crippen LogP contribution in [0.25, 0.3) is 0 Å². The van der Waals surface area contributed by atoms with Crippen molar-refractivity contribution < 1.29 is 14.7 Å². The van der Waals surface area contributed by atoms with Crippen molar-refractivity contribution in [2.75, 3.05) is 6.61 Å². The number of Topliss-reactive ketones (excluding diaryl/α,β-unsaturated/α-hetero) is 1. The van der Waals surface area contributed by atoms with Crippen LogP contribution >= 0.6 is 0 Å². The minimum absolute atomic E-state index is 0.0276. The topological polar surface area (TPSA) is 71.8 Å². The van der Waals surface area contributed by atoms with Crippen LogP contribution in [-0.2, 0) is 9.63 Å². The average Bonchev–Trinajstić information content (AvgIpc) is 2.50. The van der Waals surface area contributed by atoms with Crippen LogP contribution in [0.5, 0.6) is 0 Å². The summed E-state index contributed by atoms with van der Waals surface area (Å²) in [4.78, 5) is 21.5. The molecule has 0 aliphatic heterocycles. The van der Waals surface area contributed by atoms with Crippen molar-refractivity contribution in [1.82, 2.24) is 4.98 Å². The first-order chi connectivity index (χ1) is 10.2. The summed E-state index contributed by atoms with van der Waals surface area (Å²) in [5.74, 6) is -0.0199. The highest BCUT2D eigenvalue weighted by atomic mass is 16.6. The highest BCUT2D eigenvalue weighted by molar-refractivity contribution is 6.23. The highest BCUT2D eigenvalue weighted by Gasteiger charge is 2.31. The van der Waals surface area contributed by atoms with E-state index in [0.29, 0.717) is 37.2 Å². The lowest BCUT2D eigenvalue weighted by atomic mass is 9.81. The van der Waals surface area contributed by atoms with Crippen LogP contribution in [0.15, 0.2) is 41.0 Å². The Hall–Kier alpha value is -2.17. The van der Waals surface area contributed by atoms with Crippen molar-refractivity contribution in [1.29, 1.82) is 0 Å². The summed E-state index contributed by atoms with van der Waals surface area (Å²) in [6.45, 7) is 4.15. The van der Waals surface area contributed by atoms with Gasteiger partial charge in [0.05, 0.1) is 11.3 Å². The molecule has 1 unspecified atom stereocenters. The fourth-order valence-electron chi connectivity index (χ4n) is 2.50. The number of aromatic nitrogens is 1. The van der Waals surface area contributed by atoms with E-state index in [1.807, 2.05) is 26.0 Å². The van der Waals surface area contributed by atoms with Gasteiger partial charge in [0.1, 0.15) is 12.4 Å². The summed E-state index contributed by atoms with van der Waals surface area (Å²) < 4.78 is 0. The van der Waals surface area contributed by atoms with Gasteiger partial charge in [0, 0.05) is 25.2 Å². The second-order valence-electron chi connectivity index (χ2n) is 4.95. The molecule has 1 aromatic heterocycles. The van der Waals surface area contributed by atoms with Gasteiger partial charge in [0.25, 0.3) is 0 Å². The number of carbonyl (C=O) groups is 1. The lowest BCUT2D eigenvalue weighted by Crippen LogP contribution is -2.23. The zero-order valence-electron chi connectivity index (χ0n) is 12.4. The number of ketones is 1. The highest BCUT2D eigenvalue weighted by Crippen LogP contribution is 2.34. The van der Waals surface area contributed by atoms with E-state index in [2.05, 4.69) is 10.1 Å². The van der Waals surface area contributed by atoms with Crippen LogP contribution in [0.3, 0.4) is 0 Å². The molecule has 5 heteroatoms. The summed E-state index contributed by atoms with van der Waals surface area (Å²) in [6.07, 6.45) is 4.77. The van der Waals surface area contributed by atoms with Gasteiger partial charge in [-0.15, -0.1) is 0 Å². The van der Waals surface area contributed by atoms with Gasteiger partial charge in [-0.1, -0.05) is 18.1 Å². The number of nitrogens with zero attached hydrogens (tertiary/aromatic N) is 2. The minimum atomic E-state index is -0.0899. The number of aliphatic hydroxyl groups is 1. The molecule has 0 bridgehead atoms. The lowest BCUT2D eigenvalue weighted by molar-refractivity contribution is -0.116. The largest absolute Gasteiger partial charge is 0.511 e. The molecule has 1 aliphatic rings. The molecule has 5 nitrogen and oxygen atoms in total. The quantitative estimate of drug-likeness (QED) is 0.667. The van der Waals surface area contributed by atoms with Gasteiger partial charge in [-0.3, -0.25) is 9.78 Å². The van der Waals surface area contributed by atoms with Gasteiger partial charge in [-0.05, 0) is 30.9 Å². The Morgan fingerprint density at radius 3 is 2.86 bits per heavy atom. The third kappa shape index (κ3) is 3.48. The SMILES string of the molecule is CCON=C(CC)C1=C(O)CC(c2cccnc2)CC1=O. The summed E-state index contributed by atoms with van der Waals surface area (Å²) in [6, 6.07) is 3.77. The Morgan fingerprint density at radius 2 is 2.29 bits per heavy atom. The molecular formula is C16H20N2O3. The number of carbonyl (C=O) groups excluding carboxylic acids is 1. The Labute approximate surface area is 124 Å². The molecule has 0 saturated heterocycles. The molecule has 0 spiro atoms. The molecule has 1 heterocycles. The van der Waals surface area contributed by atoms with Gasteiger partial charge >= 0.3 is 0 Å². The van der Waals surface area contributed by atoms with Crippen LogP contribution in [0, 0.1) is 0 Å². The smallest absolute Gasteiger partial charge is 0.168 e. The first-order valence-electron chi connectivity index (χ1n) is 7.21. The van der Waals surface area contributed by atoms with Gasteiger partial charge in [0.2, 0.25) is 0 Å². The van der Waals surface area contributed by atoms with E-state index in [1.165, 1.54) is 0 Å². The van der Waals surface area contributed by atoms with Crippen molar-refractivity contribution in [3.05, 3.63) is 41.4 Å². The number of rotatable bonds is 5. The van der Waals surface area contributed by atoms with Gasteiger partial charge < -0.3 is 9.94 Å². The molecule has 0 saturated carbocycles. The molecule has 2 rings (SSSR count). The normalized spacial score (nSPS) is 19.8. The van der Waals surface area contributed by atoms with Crippen LogP contribution < -0.4 is 0 Å². The van der Waals surface area contributed by atoms with Gasteiger partial charge in [-0.2, -0.15) is 0 Å². The molecule has 1 atom stereocenters. The monoisotopic (exact) mass is 288 g/mol. The van der Waals surface area contributed by atoms with E-state index in [4.69, 9.17) is 4.84 Å². The molecular weight excluding hydrogens is 268 g/mol. The maximum atomic E-state index is 12.4. The van der Waals surface area contributed by atoms with E-state index >= 15 is 0 Å². The minimum Gasteiger partial charge on any atom is -0.511 e. The third-order valence-corrected chi connectivity index (χ3v) is 3.52. The van der Waals surface area contributed by atoms with Crippen molar-refractivity contribution in [3.8, 4) is 0 Å². The first-order valence-corrected chi connectivity index (χ1v) is 7.21. The maximum Gasteiger partial charge on any atom is 0.168 e. The predicted molar refractivity (Wildman–Crippen MR) is 80.2 cm³/mol. The van der Waals surface area contributed by atoms with Gasteiger partial charge in [0.15, 0.2) is 5.78 Å². The average molecular weight is 288 g/mol. The molecule has 21 heavy (non-hydrogen) atoms. The number of allylic oxidation sites excluding steroid dienone is 2. The fraction of sp³-hybridized carbons (Fsp3) is 0.438. The summed E-state index contributed by atoms with van der Waals surface area (Å²) in [5, 5.41) is 14.2. The molecule has 1 N–H and O–H groups in total. The van der Waals surface area contributed by atoms with E-state index in [9.17, 15) is 9.90 Å². The second-order valence-corrected chi connectivity index (χ2v) is 4.95. The van der Waals surface area contributed by atoms with E-state index in [1.54, 1.807) is 12.4 Å². The molecule has 0 amide bonds. The second kappa shape index (κ2) is 7.02. The van der Waals surface area contributed by atoms with Crippen molar-refractivity contribution in [3.63, 3.8) is 0 Å². The number of oxime groups is 1. The standard InChI is InChI=1S/C16H20N2O3/c1-3-13(18-21-4-2)16-14(19)8-12(9-15(16)20)11-6-5-7-17-10-11/h5-7,10,12,19H,3-4,8-9H2,1-2H3. The number of hydrogen-bond acceptors (Lipinski definition) is 5. The van der Waals surface area contributed by atoms with E-state index in [0.717, 1.165) is 5.56 Å². The first kappa shape index (κ1) is 15.2. The zero-order valence-corrected chi connectivity index (χ0v) is 12.4. The molecule has 0 fully saturated rings. The Kier molecular flexibility index (Phi) is 5.09. The summed E-state index contributed by atoms with van der Waals surface area (Å²) >= 11 is 0. The number of pyridine rings is 1. The van der Waals surface area contributed by atoms with E-state index in [-0.39, 0.29) is 17.5 Å². The lowest BCUT2D eigenvalue weighted by Gasteiger charge is -2.23. The molecule has 0 aromatic carbocycles. The fourth-order valence-corrected chi connectivity index (χ4v) is 2.50. The molecule has 1 aromatic rings. The van der Waals surface area contributed by atoms with Crippen LogP contribution in [0.1, 0.15) is 44.6 Å². The van der Waals surface area contributed by atoms with Gasteiger partial charge in [-0.25, -0.2) is 0 Å². The van der Waals surface area contributed by atoms with Crippen molar-refractivity contribution in [2.45, 2.75) is 39.0 Å². The zero-order chi connectivity index (χ0) is 15.2. The predicted octanol–water partition coefficient (Wildman–Crippen LogP) is 3.14. The van der Waals surface area contributed by atoms with Crippen LogP contribution in [-0.4, -0.2) is 28.2 Å². The Balaban J connectivity index is 2.27. The van der Waals surface area contributed by atoms with E-state index < -0.39 is 0 Å². The van der Waals surface area contributed by atoms with Crippen molar-refractivity contribution >= 4 is 11.5 Å². The molecule has 112 valence electrons. The Morgan fingerprint density at radius 1 is 1.48 bits per heavy atom. The Bertz CT molecular complexity index is 564. The summed E-state index contributed by atoms with van der Waals surface area (Å²) in [7, 11) is 0. The van der Waals surface area contributed by atoms with Crippen LogP contribution in [0.2, 0.25) is 0 Å². The molecule has 1 aliphatic carbocycles. The van der Waals surface area contributed by atoms with Crippen LogP contribution in [0.4, 0.5) is 0 Å². The molecule has 0 radical (unpaired) electrons. The van der Waals surface area contributed by atoms with Crippen molar-refractivity contribution in [2.24, 2.45) is 5.16 Å². The summed E-state index contributed by atoms with van der Waals surface area (Å²) in [5.41, 5.74) is 1.81.